The maximum atomic E-state index is 5.97. The Morgan fingerprint density at radius 2 is 2.06 bits per heavy atom. The van der Waals surface area contributed by atoms with Gasteiger partial charge in [-0.25, -0.2) is 0 Å². The number of hydrogen-bond acceptors (Lipinski definition) is 3. The molecule has 3 nitrogen and oxygen atoms in total. The van der Waals surface area contributed by atoms with Crippen LogP contribution in [0.1, 0.15) is 32.8 Å². The fourth-order valence-electron chi connectivity index (χ4n) is 2.41. The number of anilines is 1. The Bertz CT molecular complexity index is 423. The molecule has 1 aromatic carbocycles. The van der Waals surface area contributed by atoms with Crippen molar-refractivity contribution in [3.8, 4) is 5.75 Å². The Hall–Kier alpha value is -1.22. The second-order valence-corrected chi connectivity index (χ2v) is 6.13. The standard InChI is InChI=1S/C15H24N2O/c1-15(2,3)11-5-6-13(14(9-11)18-4)17-8-7-12(16)10-17/h5-6,9,12H,7-8,10,16H2,1-4H3. The van der Waals surface area contributed by atoms with Crippen molar-refractivity contribution in [3.05, 3.63) is 23.8 Å². The highest BCUT2D eigenvalue weighted by Crippen LogP contribution is 2.35. The van der Waals surface area contributed by atoms with Crippen molar-refractivity contribution in [1.29, 1.82) is 0 Å². The van der Waals surface area contributed by atoms with E-state index in [-0.39, 0.29) is 11.5 Å². The summed E-state index contributed by atoms with van der Waals surface area (Å²) in [6.07, 6.45) is 1.06. The minimum Gasteiger partial charge on any atom is -0.495 e. The molecule has 1 unspecified atom stereocenters. The first-order valence-corrected chi connectivity index (χ1v) is 6.61. The largest absolute Gasteiger partial charge is 0.495 e. The number of methoxy groups -OCH3 is 1. The average Bonchev–Trinajstić information content (AvgIpc) is 2.73. The van der Waals surface area contributed by atoms with E-state index in [1.807, 2.05) is 0 Å². The molecule has 1 heterocycles. The second-order valence-electron chi connectivity index (χ2n) is 6.13. The van der Waals surface area contributed by atoms with Crippen LogP contribution in [0.4, 0.5) is 5.69 Å². The predicted octanol–water partition coefficient (Wildman–Crippen LogP) is 2.53. The zero-order chi connectivity index (χ0) is 13.3. The number of benzene rings is 1. The summed E-state index contributed by atoms with van der Waals surface area (Å²) in [5, 5.41) is 0. The molecule has 0 radical (unpaired) electrons. The van der Waals surface area contributed by atoms with Crippen LogP contribution >= 0.6 is 0 Å². The summed E-state index contributed by atoms with van der Waals surface area (Å²) in [4.78, 5) is 2.32. The van der Waals surface area contributed by atoms with Gasteiger partial charge in [0.1, 0.15) is 5.75 Å². The first kappa shape index (κ1) is 13.2. The summed E-state index contributed by atoms with van der Waals surface area (Å²) >= 11 is 0. The van der Waals surface area contributed by atoms with Crippen molar-refractivity contribution < 1.29 is 4.74 Å². The van der Waals surface area contributed by atoms with Crippen LogP contribution in [-0.2, 0) is 5.41 Å². The molecular weight excluding hydrogens is 224 g/mol. The molecule has 100 valence electrons. The third-order valence-corrected chi connectivity index (χ3v) is 3.61. The van der Waals surface area contributed by atoms with Gasteiger partial charge in [-0.1, -0.05) is 26.8 Å². The fourth-order valence-corrected chi connectivity index (χ4v) is 2.41. The van der Waals surface area contributed by atoms with Crippen LogP contribution in [0, 0.1) is 0 Å². The summed E-state index contributed by atoms with van der Waals surface area (Å²) in [6, 6.07) is 6.80. The Labute approximate surface area is 110 Å². The normalized spacial score (nSPS) is 20.3. The second kappa shape index (κ2) is 4.81. The number of ether oxygens (including phenoxy) is 1. The molecule has 18 heavy (non-hydrogen) atoms. The molecule has 0 aromatic heterocycles. The van der Waals surface area contributed by atoms with Crippen LogP contribution in [0.2, 0.25) is 0 Å². The summed E-state index contributed by atoms with van der Waals surface area (Å²) in [7, 11) is 1.74. The van der Waals surface area contributed by atoms with Crippen molar-refractivity contribution in [2.24, 2.45) is 5.73 Å². The average molecular weight is 248 g/mol. The third-order valence-electron chi connectivity index (χ3n) is 3.61. The number of nitrogens with zero attached hydrogens (tertiary/aromatic N) is 1. The van der Waals surface area contributed by atoms with Crippen molar-refractivity contribution >= 4 is 5.69 Å². The van der Waals surface area contributed by atoms with E-state index in [1.54, 1.807) is 7.11 Å². The van der Waals surface area contributed by atoms with Gasteiger partial charge in [0.15, 0.2) is 0 Å². The third kappa shape index (κ3) is 2.61. The lowest BCUT2D eigenvalue weighted by atomic mass is 9.87. The molecule has 1 saturated heterocycles. The molecule has 0 saturated carbocycles. The van der Waals surface area contributed by atoms with Crippen LogP contribution in [0.15, 0.2) is 18.2 Å². The van der Waals surface area contributed by atoms with Crippen molar-refractivity contribution in [3.63, 3.8) is 0 Å². The van der Waals surface area contributed by atoms with Gasteiger partial charge < -0.3 is 15.4 Å². The maximum Gasteiger partial charge on any atom is 0.142 e. The summed E-state index contributed by atoms with van der Waals surface area (Å²) < 4.78 is 5.55. The van der Waals surface area contributed by atoms with Gasteiger partial charge in [-0.05, 0) is 29.5 Å². The van der Waals surface area contributed by atoms with Crippen LogP contribution in [-0.4, -0.2) is 26.2 Å². The van der Waals surface area contributed by atoms with E-state index in [1.165, 1.54) is 11.3 Å². The molecule has 0 amide bonds. The Kier molecular flexibility index (Phi) is 3.53. The molecule has 1 aromatic rings. The van der Waals surface area contributed by atoms with Crippen LogP contribution in [0.25, 0.3) is 0 Å². The molecule has 1 aliphatic heterocycles. The highest BCUT2D eigenvalue weighted by Gasteiger charge is 2.23. The van der Waals surface area contributed by atoms with E-state index in [2.05, 4.69) is 43.9 Å². The van der Waals surface area contributed by atoms with Gasteiger partial charge in [0.2, 0.25) is 0 Å². The lowest BCUT2D eigenvalue weighted by molar-refractivity contribution is 0.412. The SMILES string of the molecule is COc1cc(C(C)(C)C)ccc1N1CCC(N)C1. The Morgan fingerprint density at radius 1 is 1.33 bits per heavy atom. The monoisotopic (exact) mass is 248 g/mol. The van der Waals surface area contributed by atoms with Crippen LogP contribution in [0.3, 0.4) is 0 Å². The zero-order valence-corrected chi connectivity index (χ0v) is 11.9. The molecule has 1 atom stereocenters. The molecule has 1 aliphatic rings. The van der Waals surface area contributed by atoms with Crippen molar-refractivity contribution in [2.75, 3.05) is 25.1 Å². The first-order chi connectivity index (χ1) is 8.41. The summed E-state index contributed by atoms with van der Waals surface area (Å²) in [5.41, 5.74) is 8.58. The molecule has 1 fully saturated rings. The van der Waals surface area contributed by atoms with Gasteiger partial charge >= 0.3 is 0 Å². The van der Waals surface area contributed by atoms with Gasteiger partial charge in [0, 0.05) is 19.1 Å². The highest BCUT2D eigenvalue weighted by molar-refractivity contribution is 5.61. The molecular formula is C15H24N2O. The predicted molar refractivity (Wildman–Crippen MR) is 76.5 cm³/mol. The van der Waals surface area contributed by atoms with Gasteiger partial charge in [-0.2, -0.15) is 0 Å². The fraction of sp³-hybridized carbons (Fsp3) is 0.600. The zero-order valence-electron chi connectivity index (χ0n) is 11.9. The summed E-state index contributed by atoms with van der Waals surface area (Å²) in [5.74, 6) is 0.955. The van der Waals surface area contributed by atoms with Gasteiger partial charge in [-0.15, -0.1) is 0 Å². The Balaban J connectivity index is 2.32. The van der Waals surface area contributed by atoms with Crippen molar-refractivity contribution in [1.82, 2.24) is 0 Å². The quantitative estimate of drug-likeness (QED) is 0.874. The first-order valence-electron chi connectivity index (χ1n) is 6.61. The van der Waals surface area contributed by atoms with E-state index >= 15 is 0 Å². The van der Waals surface area contributed by atoms with E-state index in [0.717, 1.165) is 25.3 Å². The molecule has 0 bridgehead atoms. The lowest BCUT2D eigenvalue weighted by Crippen LogP contribution is -2.26. The van der Waals surface area contributed by atoms with E-state index in [9.17, 15) is 0 Å². The Morgan fingerprint density at radius 3 is 2.56 bits per heavy atom. The van der Waals surface area contributed by atoms with Crippen LogP contribution < -0.4 is 15.4 Å². The van der Waals surface area contributed by atoms with E-state index in [0.29, 0.717) is 0 Å². The molecule has 2 N–H and O–H groups in total. The van der Waals surface area contributed by atoms with Gasteiger partial charge in [0.05, 0.1) is 12.8 Å². The minimum atomic E-state index is 0.146. The lowest BCUT2D eigenvalue weighted by Gasteiger charge is -2.25. The number of nitrogens with two attached hydrogens (primary N) is 1. The molecule has 0 aliphatic carbocycles. The van der Waals surface area contributed by atoms with Crippen LogP contribution in [0.5, 0.6) is 5.75 Å². The van der Waals surface area contributed by atoms with E-state index < -0.39 is 0 Å². The highest BCUT2D eigenvalue weighted by atomic mass is 16.5. The maximum absolute atomic E-state index is 5.97. The van der Waals surface area contributed by atoms with Crippen molar-refractivity contribution in [2.45, 2.75) is 38.6 Å². The molecule has 0 spiro atoms. The molecule has 3 heteroatoms. The molecule has 2 rings (SSSR count). The van der Waals surface area contributed by atoms with Gasteiger partial charge in [0.25, 0.3) is 0 Å². The number of hydrogen-bond donors (Lipinski definition) is 1. The summed E-state index contributed by atoms with van der Waals surface area (Å²) in [6.45, 7) is 8.59. The minimum absolute atomic E-state index is 0.146. The topological polar surface area (TPSA) is 38.5 Å². The number of rotatable bonds is 2. The smallest absolute Gasteiger partial charge is 0.142 e. The van der Waals surface area contributed by atoms with Gasteiger partial charge in [-0.3, -0.25) is 0 Å². The van der Waals surface area contributed by atoms with E-state index in [4.69, 9.17) is 10.5 Å².